The van der Waals surface area contributed by atoms with E-state index in [1.807, 2.05) is 6.92 Å². The normalized spacial score (nSPS) is 23.5. The lowest BCUT2D eigenvalue weighted by Gasteiger charge is -2.28. The number of nitrogens with one attached hydrogen (secondary N) is 2. The molecular weight excluding hydrogens is 240 g/mol. The zero-order chi connectivity index (χ0) is 12.7. The fraction of sp³-hybridized carbons (Fsp3) is 1.00. The third-order valence-electron chi connectivity index (χ3n) is 3.17. The van der Waals surface area contributed by atoms with Gasteiger partial charge in [-0.1, -0.05) is 0 Å². The average Bonchev–Trinajstić information content (AvgIpc) is 2.30. The molecule has 1 fully saturated rings. The summed E-state index contributed by atoms with van der Waals surface area (Å²) in [6, 6.07) is 0.00958. The molecule has 0 aromatic rings. The second-order valence-corrected chi connectivity index (χ2v) is 6.55. The largest absolute Gasteiger partial charge is 0.385 e. The van der Waals surface area contributed by atoms with Crippen LogP contribution in [0.3, 0.4) is 0 Å². The molecule has 0 aromatic heterocycles. The van der Waals surface area contributed by atoms with Crippen molar-refractivity contribution in [2.45, 2.75) is 32.2 Å². The minimum Gasteiger partial charge on any atom is -0.385 e. The molecule has 1 saturated heterocycles. The van der Waals surface area contributed by atoms with Gasteiger partial charge in [0.05, 0.1) is 5.75 Å². The van der Waals surface area contributed by atoms with Crippen molar-refractivity contribution in [1.29, 1.82) is 0 Å². The molecule has 2 unspecified atom stereocenters. The predicted molar refractivity (Wildman–Crippen MR) is 68.5 cm³/mol. The van der Waals surface area contributed by atoms with E-state index in [1.165, 1.54) is 0 Å². The first-order chi connectivity index (χ1) is 8.05. The van der Waals surface area contributed by atoms with Crippen molar-refractivity contribution in [2.75, 3.05) is 32.6 Å². The van der Waals surface area contributed by atoms with Crippen LogP contribution in [0.4, 0.5) is 0 Å². The second kappa shape index (κ2) is 7.31. The SMILES string of the molecule is COCCCS(=O)(=O)NC(C)C1CCCNC1. The number of piperidine rings is 1. The summed E-state index contributed by atoms with van der Waals surface area (Å²) in [6.07, 6.45) is 2.76. The van der Waals surface area contributed by atoms with Crippen LogP contribution in [0.25, 0.3) is 0 Å². The van der Waals surface area contributed by atoms with Gasteiger partial charge in [-0.3, -0.25) is 0 Å². The Bertz CT molecular complexity index is 300. The van der Waals surface area contributed by atoms with Crippen LogP contribution < -0.4 is 10.0 Å². The monoisotopic (exact) mass is 264 g/mol. The van der Waals surface area contributed by atoms with Crippen molar-refractivity contribution in [3.05, 3.63) is 0 Å². The van der Waals surface area contributed by atoms with Crippen LogP contribution in [0.2, 0.25) is 0 Å². The fourth-order valence-electron chi connectivity index (χ4n) is 2.14. The highest BCUT2D eigenvalue weighted by Gasteiger charge is 2.23. The van der Waals surface area contributed by atoms with Crippen LogP contribution >= 0.6 is 0 Å². The average molecular weight is 264 g/mol. The molecule has 0 saturated carbocycles. The van der Waals surface area contributed by atoms with E-state index < -0.39 is 10.0 Å². The number of rotatable bonds is 7. The lowest BCUT2D eigenvalue weighted by atomic mass is 9.94. The van der Waals surface area contributed by atoms with Gasteiger partial charge in [-0.25, -0.2) is 13.1 Å². The minimum atomic E-state index is -3.16. The Morgan fingerprint density at radius 2 is 2.29 bits per heavy atom. The van der Waals surface area contributed by atoms with E-state index in [-0.39, 0.29) is 11.8 Å². The van der Waals surface area contributed by atoms with Crippen LogP contribution in [0.15, 0.2) is 0 Å². The molecule has 1 aliphatic rings. The Morgan fingerprint density at radius 3 is 2.88 bits per heavy atom. The molecule has 102 valence electrons. The second-order valence-electron chi connectivity index (χ2n) is 4.68. The lowest BCUT2D eigenvalue weighted by Crippen LogP contribution is -2.45. The molecule has 0 amide bonds. The van der Waals surface area contributed by atoms with E-state index in [1.54, 1.807) is 7.11 Å². The zero-order valence-corrected chi connectivity index (χ0v) is 11.6. The standard InChI is InChI=1S/C11H24N2O3S/c1-10(11-5-3-6-12-9-11)13-17(14,15)8-4-7-16-2/h10-13H,3-9H2,1-2H3. The van der Waals surface area contributed by atoms with Gasteiger partial charge >= 0.3 is 0 Å². The smallest absolute Gasteiger partial charge is 0.211 e. The van der Waals surface area contributed by atoms with E-state index in [2.05, 4.69) is 10.0 Å². The first kappa shape index (κ1) is 14.9. The van der Waals surface area contributed by atoms with Crippen molar-refractivity contribution >= 4 is 10.0 Å². The minimum absolute atomic E-state index is 0.00958. The summed E-state index contributed by atoms with van der Waals surface area (Å²) < 4.78 is 31.2. The van der Waals surface area contributed by atoms with Gasteiger partial charge in [-0.2, -0.15) is 0 Å². The summed E-state index contributed by atoms with van der Waals surface area (Å²) in [7, 11) is -1.58. The highest BCUT2D eigenvalue weighted by molar-refractivity contribution is 7.89. The van der Waals surface area contributed by atoms with Gasteiger partial charge in [0.25, 0.3) is 0 Å². The maximum absolute atomic E-state index is 11.8. The van der Waals surface area contributed by atoms with Crippen LogP contribution in [0, 0.1) is 5.92 Å². The summed E-state index contributed by atoms with van der Waals surface area (Å²) in [4.78, 5) is 0. The number of methoxy groups -OCH3 is 1. The quantitative estimate of drug-likeness (QED) is 0.650. The maximum Gasteiger partial charge on any atom is 0.211 e. The molecule has 2 N–H and O–H groups in total. The summed E-state index contributed by atoms with van der Waals surface area (Å²) in [6.45, 7) is 4.39. The summed E-state index contributed by atoms with van der Waals surface area (Å²) in [5.74, 6) is 0.548. The number of sulfonamides is 1. The molecule has 0 aromatic carbocycles. The zero-order valence-electron chi connectivity index (χ0n) is 10.7. The van der Waals surface area contributed by atoms with E-state index in [0.29, 0.717) is 18.9 Å². The first-order valence-electron chi connectivity index (χ1n) is 6.25. The van der Waals surface area contributed by atoms with E-state index in [9.17, 15) is 8.42 Å². The molecule has 2 atom stereocenters. The highest BCUT2D eigenvalue weighted by atomic mass is 32.2. The first-order valence-corrected chi connectivity index (χ1v) is 7.90. The number of ether oxygens (including phenoxy) is 1. The van der Waals surface area contributed by atoms with Crippen molar-refractivity contribution in [3.63, 3.8) is 0 Å². The van der Waals surface area contributed by atoms with Crippen molar-refractivity contribution in [3.8, 4) is 0 Å². The molecule has 1 heterocycles. The van der Waals surface area contributed by atoms with E-state index in [4.69, 9.17) is 4.74 Å². The Balaban J connectivity index is 2.34. The summed E-state index contributed by atoms with van der Waals surface area (Å²) >= 11 is 0. The molecular formula is C11H24N2O3S. The van der Waals surface area contributed by atoms with Crippen LogP contribution in [-0.4, -0.2) is 47.0 Å². The molecule has 0 bridgehead atoms. The molecule has 6 heteroatoms. The Morgan fingerprint density at radius 1 is 1.53 bits per heavy atom. The van der Waals surface area contributed by atoms with Gasteiger partial charge in [0.1, 0.15) is 0 Å². The molecule has 0 aliphatic carbocycles. The third kappa shape index (κ3) is 5.81. The van der Waals surface area contributed by atoms with Gasteiger partial charge in [0.15, 0.2) is 0 Å². The Labute approximate surface area is 104 Å². The highest BCUT2D eigenvalue weighted by Crippen LogP contribution is 2.14. The van der Waals surface area contributed by atoms with Gasteiger partial charge in [-0.15, -0.1) is 0 Å². The Kier molecular flexibility index (Phi) is 6.40. The number of hydrogen-bond donors (Lipinski definition) is 2. The maximum atomic E-state index is 11.8. The van der Waals surface area contributed by atoms with Crippen molar-refractivity contribution in [2.24, 2.45) is 5.92 Å². The molecule has 0 radical (unpaired) electrons. The van der Waals surface area contributed by atoms with Crippen LogP contribution in [-0.2, 0) is 14.8 Å². The van der Waals surface area contributed by atoms with E-state index in [0.717, 1.165) is 25.9 Å². The molecule has 5 nitrogen and oxygen atoms in total. The van der Waals surface area contributed by atoms with Crippen molar-refractivity contribution < 1.29 is 13.2 Å². The van der Waals surface area contributed by atoms with Crippen LogP contribution in [0.5, 0.6) is 0 Å². The molecule has 0 spiro atoms. The van der Waals surface area contributed by atoms with Crippen LogP contribution in [0.1, 0.15) is 26.2 Å². The van der Waals surface area contributed by atoms with Gasteiger partial charge in [0.2, 0.25) is 10.0 Å². The summed E-state index contributed by atoms with van der Waals surface area (Å²) in [5, 5.41) is 3.30. The lowest BCUT2D eigenvalue weighted by molar-refractivity contribution is 0.199. The van der Waals surface area contributed by atoms with E-state index >= 15 is 0 Å². The predicted octanol–water partition coefficient (Wildman–Crippen LogP) is 0.330. The van der Waals surface area contributed by atoms with Gasteiger partial charge in [-0.05, 0) is 45.2 Å². The molecule has 17 heavy (non-hydrogen) atoms. The van der Waals surface area contributed by atoms with Gasteiger partial charge < -0.3 is 10.1 Å². The van der Waals surface area contributed by atoms with Gasteiger partial charge in [0, 0.05) is 19.8 Å². The molecule has 1 aliphatic heterocycles. The Hall–Kier alpha value is -0.170. The number of hydrogen-bond acceptors (Lipinski definition) is 4. The fourth-order valence-corrected chi connectivity index (χ4v) is 3.51. The topological polar surface area (TPSA) is 67.4 Å². The van der Waals surface area contributed by atoms with Crippen molar-refractivity contribution in [1.82, 2.24) is 10.0 Å². The summed E-state index contributed by atoms with van der Waals surface area (Å²) in [5.41, 5.74) is 0. The molecule has 1 rings (SSSR count). The third-order valence-corrected chi connectivity index (χ3v) is 4.73.